The standard InChI is InChI=1S/C18H15FN2O5S2/c1-10(2)20-17(22)16(28-18(20)27)8-12-4-5-13(26-12)9-25-15-7-11(19)3-6-14(15)21(23)24/h3-8,10H,9H2,1-2H3/b16-8+. The number of carbonyl (C=O) groups excluding carboxylic acids is 1. The van der Waals surface area contributed by atoms with Gasteiger partial charge < -0.3 is 9.15 Å². The van der Waals surface area contributed by atoms with E-state index in [1.807, 2.05) is 13.8 Å². The molecule has 0 saturated carbocycles. The number of carbonyl (C=O) groups is 1. The molecule has 1 aliphatic rings. The van der Waals surface area contributed by atoms with Crippen molar-refractivity contribution in [2.24, 2.45) is 0 Å². The van der Waals surface area contributed by atoms with E-state index in [4.69, 9.17) is 21.4 Å². The molecule has 1 aliphatic heterocycles. The van der Waals surface area contributed by atoms with Crippen LogP contribution in [0.15, 0.2) is 39.7 Å². The molecule has 146 valence electrons. The van der Waals surface area contributed by atoms with Crippen LogP contribution in [0.4, 0.5) is 10.1 Å². The monoisotopic (exact) mass is 422 g/mol. The van der Waals surface area contributed by atoms with E-state index in [2.05, 4.69) is 0 Å². The van der Waals surface area contributed by atoms with Crippen LogP contribution in [0.3, 0.4) is 0 Å². The SMILES string of the molecule is CC(C)N1C(=O)/C(=C\c2ccc(COc3cc(F)ccc3[N+](=O)[O-])o2)SC1=S. The van der Waals surface area contributed by atoms with E-state index in [1.165, 1.54) is 16.7 Å². The van der Waals surface area contributed by atoms with Gasteiger partial charge in [-0.15, -0.1) is 0 Å². The van der Waals surface area contributed by atoms with Gasteiger partial charge in [0.1, 0.15) is 28.3 Å². The van der Waals surface area contributed by atoms with Crippen molar-refractivity contribution in [2.75, 3.05) is 0 Å². The minimum Gasteiger partial charge on any atom is -0.479 e. The third-order valence-corrected chi connectivity index (χ3v) is 5.11. The topological polar surface area (TPSA) is 85.8 Å². The van der Waals surface area contributed by atoms with E-state index in [-0.39, 0.29) is 30.0 Å². The Labute approximate surface area is 169 Å². The Kier molecular flexibility index (Phi) is 5.80. The number of halogens is 1. The summed E-state index contributed by atoms with van der Waals surface area (Å²) in [5.41, 5.74) is -0.342. The van der Waals surface area contributed by atoms with E-state index in [9.17, 15) is 19.3 Å². The van der Waals surface area contributed by atoms with Crippen molar-refractivity contribution in [3.8, 4) is 5.75 Å². The molecule has 0 N–H and O–H groups in total. The van der Waals surface area contributed by atoms with Crippen molar-refractivity contribution < 1.29 is 23.3 Å². The molecular weight excluding hydrogens is 407 g/mol. The fourth-order valence-corrected chi connectivity index (χ4v) is 4.01. The lowest BCUT2D eigenvalue weighted by Crippen LogP contribution is -2.34. The molecule has 2 heterocycles. The average Bonchev–Trinajstić information content (AvgIpc) is 3.17. The van der Waals surface area contributed by atoms with Crippen LogP contribution in [0.1, 0.15) is 25.4 Å². The van der Waals surface area contributed by atoms with Crippen LogP contribution in [0.2, 0.25) is 0 Å². The van der Waals surface area contributed by atoms with Crippen LogP contribution in [0.25, 0.3) is 6.08 Å². The van der Waals surface area contributed by atoms with Gasteiger partial charge in [-0.25, -0.2) is 4.39 Å². The quantitative estimate of drug-likeness (QED) is 0.293. The normalized spacial score (nSPS) is 15.7. The highest BCUT2D eigenvalue weighted by Crippen LogP contribution is 2.34. The van der Waals surface area contributed by atoms with Gasteiger partial charge in [-0.05, 0) is 32.0 Å². The highest BCUT2D eigenvalue weighted by Gasteiger charge is 2.33. The van der Waals surface area contributed by atoms with Crippen LogP contribution in [-0.4, -0.2) is 26.1 Å². The smallest absolute Gasteiger partial charge is 0.311 e. The molecule has 1 amide bonds. The van der Waals surface area contributed by atoms with Crippen LogP contribution < -0.4 is 4.74 Å². The molecule has 0 unspecified atom stereocenters. The summed E-state index contributed by atoms with van der Waals surface area (Å²) in [6.45, 7) is 3.62. The first-order chi connectivity index (χ1) is 13.3. The van der Waals surface area contributed by atoms with Crippen molar-refractivity contribution in [1.82, 2.24) is 4.90 Å². The van der Waals surface area contributed by atoms with E-state index in [0.29, 0.717) is 20.7 Å². The number of hydrogen-bond donors (Lipinski definition) is 0. The highest BCUT2D eigenvalue weighted by molar-refractivity contribution is 8.26. The highest BCUT2D eigenvalue weighted by atomic mass is 32.2. The molecule has 7 nitrogen and oxygen atoms in total. The van der Waals surface area contributed by atoms with Crippen molar-refractivity contribution in [3.63, 3.8) is 0 Å². The van der Waals surface area contributed by atoms with Gasteiger partial charge in [-0.1, -0.05) is 24.0 Å². The molecule has 1 aromatic heterocycles. The second-order valence-electron chi connectivity index (χ2n) is 6.11. The molecule has 1 fully saturated rings. The Morgan fingerprint density at radius 2 is 2.14 bits per heavy atom. The molecular formula is C18H15FN2O5S2. The Bertz CT molecular complexity index is 986. The van der Waals surface area contributed by atoms with Gasteiger partial charge in [-0.3, -0.25) is 19.8 Å². The summed E-state index contributed by atoms with van der Waals surface area (Å²) in [4.78, 5) is 24.7. The van der Waals surface area contributed by atoms with E-state index in [0.717, 1.165) is 18.2 Å². The molecule has 0 radical (unpaired) electrons. The minimum atomic E-state index is -0.654. The maximum atomic E-state index is 13.3. The Balaban J connectivity index is 1.72. The Hall–Kier alpha value is -2.72. The lowest BCUT2D eigenvalue weighted by Gasteiger charge is -2.18. The predicted molar refractivity (Wildman–Crippen MR) is 106 cm³/mol. The lowest BCUT2D eigenvalue weighted by atomic mass is 10.3. The zero-order chi connectivity index (χ0) is 20.4. The number of nitrogens with zero attached hydrogens (tertiary/aromatic N) is 2. The number of nitro groups is 1. The van der Waals surface area contributed by atoms with Crippen LogP contribution >= 0.6 is 24.0 Å². The zero-order valence-corrected chi connectivity index (χ0v) is 16.5. The molecule has 2 aromatic rings. The summed E-state index contributed by atoms with van der Waals surface area (Å²) < 4.78 is 24.8. The number of rotatable bonds is 6. The molecule has 10 heteroatoms. The fourth-order valence-electron chi connectivity index (χ4n) is 2.51. The first kappa shape index (κ1) is 20.0. The van der Waals surface area contributed by atoms with Gasteiger partial charge in [0.15, 0.2) is 5.75 Å². The predicted octanol–water partition coefficient (Wildman–Crippen LogP) is 4.52. The Morgan fingerprint density at radius 1 is 1.39 bits per heavy atom. The summed E-state index contributed by atoms with van der Waals surface area (Å²) in [6.07, 6.45) is 1.58. The molecule has 0 bridgehead atoms. The number of thiocarbonyl (C=S) groups is 1. The van der Waals surface area contributed by atoms with Crippen LogP contribution in [0.5, 0.6) is 5.75 Å². The lowest BCUT2D eigenvalue weighted by molar-refractivity contribution is -0.386. The average molecular weight is 422 g/mol. The molecule has 3 rings (SSSR count). The van der Waals surface area contributed by atoms with Crippen molar-refractivity contribution in [3.05, 3.63) is 62.7 Å². The van der Waals surface area contributed by atoms with Crippen LogP contribution in [0, 0.1) is 15.9 Å². The number of thioether (sulfide) groups is 1. The van der Waals surface area contributed by atoms with Crippen LogP contribution in [-0.2, 0) is 11.4 Å². The van der Waals surface area contributed by atoms with E-state index >= 15 is 0 Å². The van der Waals surface area contributed by atoms with Crippen molar-refractivity contribution >= 4 is 46.0 Å². The van der Waals surface area contributed by atoms with Crippen molar-refractivity contribution in [2.45, 2.75) is 26.5 Å². The third-order valence-electron chi connectivity index (χ3n) is 3.78. The number of benzene rings is 1. The summed E-state index contributed by atoms with van der Waals surface area (Å²) >= 11 is 6.41. The van der Waals surface area contributed by atoms with Gasteiger partial charge in [0.25, 0.3) is 5.91 Å². The molecule has 0 atom stereocenters. The van der Waals surface area contributed by atoms with Gasteiger partial charge in [0.05, 0.1) is 9.83 Å². The third kappa shape index (κ3) is 4.23. The molecule has 1 saturated heterocycles. The van der Waals surface area contributed by atoms with E-state index in [1.54, 1.807) is 18.2 Å². The largest absolute Gasteiger partial charge is 0.479 e. The van der Waals surface area contributed by atoms with Gasteiger partial charge in [-0.2, -0.15) is 0 Å². The number of nitro benzene ring substituents is 1. The first-order valence-electron chi connectivity index (χ1n) is 8.19. The fraction of sp³-hybridized carbons (Fsp3) is 0.222. The number of ether oxygens (including phenoxy) is 1. The van der Waals surface area contributed by atoms with E-state index < -0.39 is 10.7 Å². The maximum Gasteiger partial charge on any atom is 0.311 e. The number of amides is 1. The first-order valence-corrected chi connectivity index (χ1v) is 9.41. The van der Waals surface area contributed by atoms with Gasteiger partial charge in [0, 0.05) is 24.3 Å². The van der Waals surface area contributed by atoms with Gasteiger partial charge >= 0.3 is 5.69 Å². The van der Waals surface area contributed by atoms with Crippen molar-refractivity contribution in [1.29, 1.82) is 0 Å². The molecule has 28 heavy (non-hydrogen) atoms. The summed E-state index contributed by atoms with van der Waals surface area (Å²) in [5, 5.41) is 11.0. The summed E-state index contributed by atoms with van der Waals surface area (Å²) in [6, 6.07) is 6.18. The Morgan fingerprint density at radius 3 is 2.79 bits per heavy atom. The minimum absolute atomic E-state index is 0.0407. The molecule has 0 aliphatic carbocycles. The summed E-state index contributed by atoms with van der Waals surface area (Å²) in [5.74, 6) is -0.246. The zero-order valence-electron chi connectivity index (χ0n) is 14.9. The second-order valence-corrected chi connectivity index (χ2v) is 7.78. The number of furan rings is 1. The maximum absolute atomic E-state index is 13.3. The molecule has 0 spiro atoms. The second kappa shape index (κ2) is 8.11. The number of hydrogen-bond acceptors (Lipinski definition) is 7. The van der Waals surface area contributed by atoms with Gasteiger partial charge in [0.2, 0.25) is 0 Å². The molecule has 1 aromatic carbocycles. The summed E-state index contributed by atoms with van der Waals surface area (Å²) in [7, 11) is 0.